The van der Waals surface area contributed by atoms with E-state index in [9.17, 15) is 9.90 Å². The molecule has 0 saturated heterocycles. The molecule has 0 spiro atoms. The maximum Gasteiger partial charge on any atom is 0.358 e. The van der Waals surface area contributed by atoms with Crippen LogP contribution in [0.1, 0.15) is 16.2 Å². The molecule has 3 aromatic rings. The van der Waals surface area contributed by atoms with Gasteiger partial charge in [-0.2, -0.15) is 0 Å². The Hall–Kier alpha value is -2.97. The third-order valence-electron chi connectivity index (χ3n) is 2.79. The van der Waals surface area contributed by atoms with Gasteiger partial charge in [0, 0.05) is 13.1 Å². The average molecular weight is 274 g/mol. The summed E-state index contributed by atoms with van der Waals surface area (Å²) in [6.45, 7) is 0.237. The Labute approximate surface area is 112 Å². The van der Waals surface area contributed by atoms with Crippen molar-refractivity contribution in [2.45, 2.75) is 6.54 Å². The Morgan fingerprint density at radius 3 is 2.95 bits per heavy atom. The molecule has 3 rings (SSSR count). The van der Waals surface area contributed by atoms with Crippen LogP contribution in [0.3, 0.4) is 0 Å². The van der Waals surface area contributed by atoms with Gasteiger partial charge in [0.05, 0.1) is 24.4 Å². The van der Waals surface area contributed by atoms with E-state index in [-0.39, 0.29) is 12.2 Å². The third-order valence-corrected chi connectivity index (χ3v) is 2.79. The van der Waals surface area contributed by atoms with Crippen molar-refractivity contribution in [3.05, 3.63) is 36.2 Å². The van der Waals surface area contributed by atoms with Gasteiger partial charge in [-0.15, -0.1) is 5.10 Å². The van der Waals surface area contributed by atoms with Crippen molar-refractivity contribution in [1.82, 2.24) is 29.7 Å². The van der Waals surface area contributed by atoms with Crippen molar-refractivity contribution in [1.29, 1.82) is 0 Å². The van der Waals surface area contributed by atoms with Gasteiger partial charge in [-0.25, -0.2) is 14.5 Å². The molecule has 1 N–H and O–H groups in total. The van der Waals surface area contributed by atoms with E-state index in [0.717, 1.165) is 0 Å². The van der Waals surface area contributed by atoms with E-state index in [4.69, 9.17) is 4.52 Å². The maximum absolute atomic E-state index is 11.3. The van der Waals surface area contributed by atoms with Gasteiger partial charge < -0.3 is 14.2 Å². The van der Waals surface area contributed by atoms with Crippen molar-refractivity contribution in [2.24, 2.45) is 7.05 Å². The number of imidazole rings is 1. The number of carboxylic acid groups (broad SMARTS) is 1. The van der Waals surface area contributed by atoms with Crippen molar-refractivity contribution in [3.8, 4) is 11.4 Å². The van der Waals surface area contributed by atoms with Gasteiger partial charge in [0.15, 0.2) is 11.5 Å². The summed E-state index contributed by atoms with van der Waals surface area (Å²) >= 11 is 0. The minimum atomic E-state index is -1.15. The van der Waals surface area contributed by atoms with Crippen LogP contribution < -0.4 is 0 Å². The lowest BCUT2D eigenvalue weighted by Crippen LogP contribution is -2.07. The molecule has 0 aliphatic rings. The lowest BCUT2D eigenvalue weighted by atomic mass is 10.2. The first-order valence-corrected chi connectivity index (χ1v) is 5.70. The molecular weight excluding hydrogens is 264 g/mol. The number of aryl methyl sites for hydroxylation is 1. The second kappa shape index (κ2) is 4.61. The summed E-state index contributed by atoms with van der Waals surface area (Å²) in [5.41, 5.74) is 0.842. The lowest BCUT2D eigenvalue weighted by Gasteiger charge is -2.05. The van der Waals surface area contributed by atoms with E-state index in [0.29, 0.717) is 17.1 Å². The molecule has 9 heteroatoms. The predicted octanol–water partition coefficient (Wildman–Crippen LogP) is 0.413. The van der Waals surface area contributed by atoms with Crippen LogP contribution in [-0.4, -0.2) is 40.8 Å². The van der Waals surface area contributed by atoms with E-state index in [2.05, 4.69) is 20.5 Å². The predicted molar refractivity (Wildman–Crippen MR) is 64.8 cm³/mol. The zero-order chi connectivity index (χ0) is 14.1. The minimum Gasteiger partial charge on any atom is -0.476 e. The molecule has 9 nitrogen and oxygen atoms in total. The zero-order valence-electron chi connectivity index (χ0n) is 10.5. The molecule has 0 fully saturated rings. The molecule has 3 heterocycles. The first kappa shape index (κ1) is 12.1. The van der Waals surface area contributed by atoms with Gasteiger partial charge in [0.25, 0.3) is 0 Å². The average Bonchev–Trinajstić information content (AvgIpc) is 3.10. The highest BCUT2D eigenvalue weighted by Gasteiger charge is 2.23. The first-order chi connectivity index (χ1) is 9.66. The molecule has 0 aliphatic heterocycles. The first-order valence-electron chi connectivity index (χ1n) is 5.70. The molecule has 0 unspecified atom stereocenters. The second-order valence-corrected chi connectivity index (χ2v) is 4.12. The SMILES string of the molecule is Cn1cncc1-c1c(C(=O)O)nnn1Cc1ccno1. The van der Waals surface area contributed by atoms with E-state index >= 15 is 0 Å². The molecule has 3 aromatic heterocycles. The molecule has 102 valence electrons. The summed E-state index contributed by atoms with van der Waals surface area (Å²) < 4.78 is 8.14. The summed E-state index contributed by atoms with van der Waals surface area (Å²) in [5.74, 6) is -0.597. The number of rotatable bonds is 4. The number of aromatic carboxylic acids is 1. The molecule has 0 aliphatic carbocycles. The standard InChI is InChI=1S/C11H10N6O3/c1-16-6-12-4-8(16)10-9(11(18)19)14-15-17(10)5-7-2-3-13-20-7/h2-4,6H,5H2,1H3,(H,18,19). The maximum atomic E-state index is 11.3. The smallest absolute Gasteiger partial charge is 0.358 e. The van der Waals surface area contributed by atoms with E-state index < -0.39 is 5.97 Å². The van der Waals surface area contributed by atoms with E-state index in [1.54, 1.807) is 30.2 Å². The highest BCUT2D eigenvalue weighted by molar-refractivity contribution is 5.92. The van der Waals surface area contributed by atoms with Gasteiger partial charge >= 0.3 is 5.97 Å². The monoisotopic (exact) mass is 274 g/mol. The highest BCUT2D eigenvalue weighted by atomic mass is 16.5. The van der Waals surface area contributed by atoms with E-state index in [1.165, 1.54) is 10.9 Å². The van der Waals surface area contributed by atoms with Gasteiger partial charge in [-0.1, -0.05) is 10.4 Å². The quantitative estimate of drug-likeness (QED) is 0.733. The van der Waals surface area contributed by atoms with Crippen LogP contribution in [0.25, 0.3) is 11.4 Å². The normalized spacial score (nSPS) is 10.8. The van der Waals surface area contributed by atoms with Crippen molar-refractivity contribution in [3.63, 3.8) is 0 Å². The second-order valence-electron chi connectivity index (χ2n) is 4.12. The molecule has 0 aromatic carbocycles. The van der Waals surface area contributed by atoms with Crippen LogP contribution in [0.5, 0.6) is 0 Å². The Balaban J connectivity index is 2.11. The summed E-state index contributed by atoms with van der Waals surface area (Å²) in [6, 6.07) is 1.68. The number of carboxylic acids is 1. The lowest BCUT2D eigenvalue weighted by molar-refractivity contribution is 0.0691. The Morgan fingerprint density at radius 2 is 2.35 bits per heavy atom. The summed E-state index contributed by atoms with van der Waals surface area (Å²) in [7, 11) is 1.76. The van der Waals surface area contributed by atoms with Crippen LogP contribution in [0.4, 0.5) is 0 Å². The van der Waals surface area contributed by atoms with Crippen LogP contribution in [0.15, 0.2) is 29.3 Å². The molecule has 20 heavy (non-hydrogen) atoms. The van der Waals surface area contributed by atoms with Crippen LogP contribution >= 0.6 is 0 Å². The fourth-order valence-electron chi connectivity index (χ4n) is 1.88. The fraction of sp³-hybridized carbons (Fsp3) is 0.182. The minimum absolute atomic E-state index is 0.131. The van der Waals surface area contributed by atoms with Crippen molar-refractivity contribution >= 4 is 5.97 Å². The number of nitrogens with zero attached hydrogens (tertiary/aromatic N) is 6. The Morgan fingerprint density at radius 1 is 1.50 bits per heavy atom. The molecular formula is C11H10N6O3. The molecule has 0 radical (unpaired) electrons. The van der Waals surface area contributed by atoms with Crippen LogP contribution in [-0.2, 0) is 13.6 Å². The number of hydrogen-bond donors (Lipinski definition) is 1. The van der Waals surface area contributed by atoms with Crippen LogP contribution in [0.2, 0.25) is 0 Å². The summed E-state index contributed by atoms with van der Waals surface area (Å²) in [6.07, 6.45) is 4.64. The topological polar surface area (TPSA) is 112 Å². The van der Waals surface area contributed by atoms with E-state index in [1.807, 2.05) is 0 Å². The Kier molecular flexibility index (Phi) is 2.78. The van der Waals surface area contributed by atoms with Crippen molar-refractivity contribution in [2.75, 3.05) is 0 Å². The molecule has 0 bridgehead atoms. The largest absolute Gasteiger partial charge is 0.476 e. The van der Waals surface area contributed by atoms with Gasteiger partial charge in [0.1, 0.15) is 12.2 Å². The highest BCUT2D eigenvalue weighted by Crippen LogP contribution is 2.22. The number of carbonyl (C=O) groups is 1. The van der Waals surface area contributed by atoms with Gasteiger partial charge in [-0.05, 0) is 0 Å². The number of hydrogen-bond acceptors (Lipinski definition) is 6. The molecule has 0 atom stereocenters. The molecule has 0 amide bonds. The van der Waals surface area contributed by atoms with Gasteiger partial charge in [-0.3, -0.25) is 0 Å². The van der Waals surface area contributed by atoms with Crippen LogP contribution in [0, 0.1) is 0 Å². The summed E-state index contributed by atoms with van der Waals surface area (Å²) in [5, 5.41) is 20.4. The number of aromatic nitrogens is 6. The zero-order valence-corrected chi connectivity index (χ0v) is 10.5. The summed E-state index contributed by atoms with van der Waals surface area (Å²) in [4.78, 5) is 15.2. The fourth-order valence-corrected chi connectivity index (χ4v) is 1.88. The Bertz CT molecular complexity index is 742. The third kappa shape index (κ3) is 1.94. The van der Waals surface area contributed by atoms with Gasteiger partial charge in [0.2, 0.25) is 0 Å². The molecule has 0 saturated carbocycles. The van der Waals surface area contributed by atoms with Crippen molar-refractivity contribution < 1.29 is 14.4 Å².